The zero-order chi connectivity index (χ0) is 16.5. The first-order valence-electron chi connectivity index (χ1n) is 7.67. The molecule has 0 unspecified atom stereocenters. The molecule has 1 aromatic heterocycles. The van der Waals surface area contributed by atoms with Gasteiger partial charge in [-0.2, -0.15) is 0 Å². The van der Waals surface area contributed by atoms with E-state index < -0.39 is 11.6 Å². The van der Waals surface area contributed by atoms with E-state index in [9.17, 15) is 9.59 Å². The summed E-state index contributed by atoms with van der Waals surface area (Å²) >= 11 is 0. The molecular weight excluding hydrogens is 284 g/mol. The van der Waals surface area contributed by atoms with E-state index in [4.69, 9.17) is 9.15 Å². The molecule has 2 rings (SSSR count). The van der Waals surface area contributed by atoms with Crippen molar-refractivity contribution in [3.8, 4) is 0 Å². The van der Waals surface area contributed by atoms with E-state index in [1.807, 2.05) is 20.8 Å². The van der Waals surface area contributed by atoms with Crippen LogP contribution in [0.5, 0.6) is 0 Å². The lowest BCUT2D eigenvalue weighted by Gasteiger charge is -2.35. The minimum absolute atomic E-state index is 0.216. The highest BCUT2D eigenvalue weighted by atomic mass is 16.6. The van der Waals surface area contributed by atoms with E-state index in [1.165, 1.54) is 0 Å². The van der Waals surface area contributed by atoms with Gasteiger partial charge in [-0.05, 0) is 47.0 Å². The quantitative estimate of drug-likeness (QED) is 0.785. The molecule has 2 heterocycles. The van der Waals surface area contributed by atoms with Gasteiger partial charge in [-0.15, -0.1) is 0 Å². The summed E-state index contributed by atoms with van der Waals surface area (Å²) in [6.07, 6.45) is 2.39. The molecule has 1 saturated heterocycles. The largest absolute Gasteiger partial charge is 0.458 e. The maximum atomic E-state index is 12.7. The van der Waals surface area contributed by atoms with Crippen LogP contribution in [0.15, 0.2) is 4.42 Å². The van der Waals surface area contributed by atoms with Crippen molar-refractivity contribution in [1.29, 1.82) is 0 Å². The monoisotopic (exact) mass is 308 g/mol. The topological polar surface area (TPSA) is 72.6 Å². The van der Waals surface area contributed by atoms with E-state index in [1.54, 1.807) is 18.7 Å². The molecule has 1 fully saturated rings. The molecule has 0 radical (unpaired) electrons. The molecule has 0 N–H and O–H groups in total. The summed E-state index contributed by atoms with van der Waals surface area (Å²) in [5, 5.41) is 0. The molecule has 1 amide bonds. The summed E-state index contributed by atoms with van der Waals surface area (Å²) in [6.45, 7) is 9.43. The van der Waals surface area contributed by atoms with Crippen molar-refractivity contribution in [3.05, 3.63) is 17.3 Å². The van der Waals surface area contributed by atoms with Crippen molar-refractivity contribution in [2.24, 2.45) is 0 Å². The lowest BCUT2D eigenvalue weighted by Crippen LogP contribution is -2.50. The fourth-order valence-electron chi connectivity index (χ4n) is 2.65. The lowest BCUT2D eigenvalue weighted by atomic mass is 10.0. The van der Waals surface area contributed by atoms with Gasteiger partial charge < -0.3 is 14.1 Å². The van der Waals surface area contributed by atoms with Gasteiger partial charge in [-0.3, -0.25) is 4.79 Å². The fraction of sp³-hybridized carbons (Fsp3) is 0.688. The molecule has 1 aromatic rings. The fourth-order valence-corrected chi connectivity index (χ4v) is 2.65. The van der Waals surface area contributed by atoms with Crippen molar-refractivity contribution in [2.75, 3.05) is 6.54 Å². The van der Waals surface area contributed by atoms with E-state index in [0.29, 0.717) is 24.6 Å². The third kappa shape index (κ3) is 3.67. The van der Waals surface area contributed by atoms with Crippen molar-refractivity contribution >= 4 is 11.9 Å². The first-order chi connectivity index (χ1) is 10.2. The number of amides is 1. The molecule has 0 bridgehead atoms. The Morgan fingerprint density at radius 3 is 2.50 bits per heavy atom. The Bertz CT molecular complexity index is 571. The number of hydrogen-bond donors (Lipinski definition) is 0. The number of piperidine rings is 1. The predicted molar refractivity (Wildman–Crippen MR) is 80.5 cm³/mol. The second-order valence-corrected chi connectivity index (χ2v) is 6.69. The Labute approximate surface area is 130 Å². The van der Waals surface area contributed by atoms with Crippen LogP contribution in [0, 0.1) is 13.8 Å². The Kier molecular flexibility index (Phi) is 4.58. The van der Waals surface area contributed by atoms with Gasteiger partial charge in [0.05, 0.1) is 5.69 Å². The highest BCUT2D eigenvalue weighted by molar-refractivity contribution is 5.95. The molecule has 1 aliphatic rings. The summed E-state index contributed by atoms with van der Waals surface area (Å²) in [5.74, 6) is 0.0303. The molecule has 0 saturated carbocycles. The SMILES string of the molecule is Cc1nc(C)c(C(=O)N2CCCC[C@H]2C(=O)OC(C)(C)C)o1. The first kappa shape index (κ1) is 16.5. The zero-order valence-corrected chi connectivity index (χ0v) is 13.9. The highest BCUT2D eigenvalue weighted by Gasteiger charge is 2.37. The Morgan fingerprint density at radius 2 is 1.95 bits per heavy atom. The van der Waals surface area contributed by atoms with E-state index >= 15 is 0 Å². The number of oxazole rings is 1. The number of hydrogen-bond acceptors (Lipinski definition) is 5. The minimum atomic E-state index is -0.567. The summed E-state index contributed by atoms with van der Waals surface area (Å²) in [5.41, 5.74) is -0.0156. The van der Waals surface area contributed by atoms with Crippen LogP contribution < -0.4 is 0 Å². The van der Waals surface area contributed by atoms with Gasteiger partial charge in [0.1, 0.15) is 11.6 Å². The van der Waals surface area contributed by atoms with Crippen LogP contribution >= 0.6 is 0 Å². The second kappa shape index (κ2) is 6.10. The van der Waals surface area contributed by atoms with E-state index in [-0.39, 0.29) is 17.6 Å². The third-order valence-corrected chi connectivity index (χ3v) is 3.54. The number of ether oxygens (including phenoxy) is 1. The van der Waals surface area contributed by atoms with Crippen LogP contribution in [0.3, 0.4) is 0 Å². The van der Waals surface area contributed by atoms with Gasteiger partial charge in [-0.1, -0.05) is 0 Å². The summed E-state index contributed by atoms with van der Waals surface area (Å²) in [4.78, 5) is 30.8. The summed E-state index contributed by atoms with van der Waals surface area (Å²) in [6, 6.07) is -0.551. The molecule has 0 aromatic carbocycles. The first-order valence-corrected chi connectivity index (χ1v) is 7.67. The standard InChI is InChI=1S/C16H24N2O4/c1-10-13(21-11(2)17-10)14(19)18-9-7-6-8-12(18)15(20)22-16(3,4)5/h12H,6-9H2,1-5H3/t12-/m0/s1. The van der Waals surface area contributed by atoms with Gasteiger partial charge in [0.25, 0.3) is 5.91 Å². The lowest BCUT2D eigenvalue weighted by molar-refractivity contribution is -0.161. The molecule has 6 heteroatoms. The Morgan fingerprint density at radius 1 is 1.27 bits per heavy atom. The predicted octanol–water partition coefficient (Wildman–Crippen LogP) is 2.63. The number of carbonyl (C=O) groups excluding carboxylic acids is 2. The summed E-state index contributed by atoms with van der Waals surface area (Å²) in [7, 11) is 0. The summed E-state index contributed by atoms with van der Waals surface area (Å²) < 4.78 is 10.9. The number of aromatic nitrogens is 1. The molecule has 6 nitrogen and oxygen atoms in total. The van der Waals surface area contributed by atoms with Crippen molar-refractivity contribution in [3.63, 3.8) is 0 Å². The zero-order valence-electron chi connectivity index (χ0n) is 13.9. The smallest absolute Gasteiger partial charge is 0.329 e. The third-order valence-electron chi connectivity index (χ3n) is 3.54. The van der Waals surface area contributed by atoms with Crippen LogP contribution in [-0.4, -0.2) is 39.9 Å². The van der Waals surface area contributed by atoms with Crippen molar-refractivity contribution in [1.82, 2.24) is 9.88 Å². The molecular formula is C16H24N2O4. The van der Waals surface area contributed by atoms with Gasteiger partial charge >= 0.3 is 5.97 Å². The van der Waals surface area contributed by atoms with Crippen LogP contribution in [0.1, 0.15) is 62.2 Å². The van der Waals surface area contributed by atoms with Crippen molar-refractivity contribution < 1.29 is 18.7 Å². The number of aryl methyl sites for hydroxylation is 2. The normalized spacial score (nSPS) is 19.1. The highest BCUT2D eigenvalue weighted by Crippen LogP contribution is 2.24. The maximum Gasteiger partial charge on any atom is 0.329 e. The number of likely N-dealkylation sites (tertiary alicyclic amines) is 1. The van der Waals surface area contributed by atoms with Gasteiger partial charge in [0, 0.05) is 13.5 Å². The second-order valence-electron chi connectivity index (χ2n) is 6.69. The Hall–Kier alpha value is -1.85. The van der Waals surface area contributed by atoms with E-state index in [2.05, 4.69) is 4.98 Å². The number of carbonyl (C=O) groups is 2. The van der Waals surface area contributed by atoms with Crippen LogP contribution in [0.2, 0.25) is 0 Å². The number of esters is 1. The molecule has 1 aliphatic heterocycles. The average Bonchev–Trinajstić information content (AvgIpc) is 2.75. The molecule has 0 spiro atoms. The van der Waals surface area contributed by atoms with Gasteiger partial charge in [0.15, 0.2) is 5.89 Å². The van der Waals surface area contributed by atoms with Crippen LogP contribution in [-0.2, 0) is 9.53 Å². The van der Waals surface area contributed by atoms with Gasteiger partial charge in [-0.25, -0.2) is 9.78 Å². The number of rotatable bonds is 2. The van der Waals surface area contributed by atoms with Gasteiger partial charge in [0.2, 0.25) is 5.76 Å². The molecule has 122 valence electrons. The van der Waals surface area contributed by atoms with E-state index in [0.717, 1.165) is 12.8 Å². The Balaban J connectivity index is 2.21. The molecule has 0 aliphatic carbocycles. The van der Waals surface area contributed by atoms with Crippen LogP contribution in [0.25, 0.3) is 0 Å². The molecule has 22 heavy (non-hydrogen) atoms. The van der Waals surface area contributed by atoms with Crippen molar-refractivity contribution in [2.45, 2.75) is 65.5 Å². The average molecular weight is 308 g/mol. The van der Waals surface area contributed by atoms with Crippen LogP contribution in [0.4, 0.5) is 0 Å². The minimum Gasteiger partial charge on any atom is -0.458 e. The molecule has 1 atom stereocenters. The maximum absolute atomic E-state index is 12.7. The number of nitrogens with zero attached hydrogens (tertiary/aromatic N) is 2.